The van der Waals surface area contributed by atoms with Crippen LogP contribution in [0.2, 0.25) is 0 Å². The molecule has 3 aromatic rings. The Hall–Kier alpha value is -3.58. The number of benzene rings is 3. The standard InChI is InChI=1S/C23H19NO3/c1-2-26-23(25)20(15-24)13-17-7-5-11-21(14-17)27-16-19-10-6-9-18-8-3-4-12-22(18)19/h3-14H,2,16H2,1H3/b20-13-. The fourth-order valence-electron chi connectivity index (χ4n) is 2.79. The zero-order chi connectivity index (χ0) is 19.1. The van der Waals surface area contributed by atoms with Gasteiger partial charge in [-0.25, -0.2) is 4.79 Å². The van der Waals surface area contributed by atoms with E-state index in [0.717, 1.165) is 10.9 Å². The molecule has 0 bridgehead atoms. The number of carbonyl (C=O) groups excluding carboxylic acids is 1. The van der Waals surface area contributed by atoms with Crippen molar-refractivity contribution in [1.82, 2.24) is 0 Å². The number of carbonyl (C=O) groups is 1. The molecule has 0 spiro atoms. The third kappa shape index (κ3) is 4.53. The molecule has 0 saturated heterocycles. The highest BCUT2D eigenvalue weighted by Crippen LogP contribution is 2.22. The molecular weight excluding hydrogens is 338 g/mol. The lowest BCUT2D eigenvalue weighted by Gasteiger charge is -2.10. The highest BCUT2D eigenvalue weighted by Gasteiger charge is 2.10. The first kappa shape index (κ1) is 18.2. The second-order valence-electron chi connectivity index (χ2n) is 5.89. The molecule has 0 radical (unpaired) electrons. The van der Waals surface area contributed by atoms with Crippen molar-refractivity contribution in [2.45, 2.75) is 13.5 Å². The van der Waals surface area contributed by atoms with Gasteiger partial charge < -0.3 is 9.47 Å². The average Bonchev–Trinajstić information content (AvgIpc) is 2.71. The van der Waals surface area contributed by atoms with Crippen LogP contribution in [0.1, 0.15) is 18.1 Å². The SMILES string of the molecule is CCOC(=O)/C(C#N)=C\c1cccc(OCc2cccc3ccccc23)c1. The van der Waals surface area contributed by atoms with Gasteiger partial charge in [-0.2, -0.15) is 5.26 Å². The first-order valence-electron chi connectivity index (χ1n) is 8.69. The third-order valence-electron chi connectivity index (χ3n) is 4.06. The second-order valence-corrected chi connectivity index (χ2v) is 5.89. The number of nitriles is 1. The Morgan fingerprint density at radius 3 is 2.67 bits per heavy atom. The van der Waals surface area contributed by atoms with E-state index in [1.54, 1.807) is 19.1 Å². The van der Waals surface area contributed by atoms with Gasteiger partial charge in [-0.3, -0.25) is 0 Å². The number of ether oxygens (including phenoxy) is 2. The molecule has 0 heterocycles. The van der Waals surface area contributed by atoms with Crippen LogP contribution in [0.25, 0.3) is 16.8 Å². The van der Waals surface area contributed by atoms with Gasteiger partial charge in [0.25, 0.3) is 0 Å². The summed E-state index contributed by atoms with van der Waals surface area (Å²) in [4.78, 5) is 11.8. The molecule has 0 aliphatic heterocycles. The van der Waals surface area contributed by atoms with E-state index in [0.29, 0.717) is 17.9 Å². The van der Waals surface area contributed by atoms with Crippen LogP contribution in [0.4, 0.5) is 0 Å². The maximum absolute atomic E-state index is 11.8. The summed E-state index contributed by atoms with van der Waals surface area (Å²) in [7, 11) is 0. The van der Waals surface area contributed by atoms with Gasteiger partial charge in [0, 0.05) is 0 Å². The molecule has 3 aromatic carbocycles. The highest BCUT2D eigenvalue weighted by atomic mass is 16.5. The maximum Gasteiger partial charge on any atom is 0.348 e. The summed E-state index contributed by atoms with van der Waals surface area (Å²) in [5.41, 5.74) is 1.76. The van der Waals surface area contributed by atoms with Crippen molar-refractivity contribution in [2.24, 2.45) is 0 Å². The number of fused-ring (bicyclic) bond motifs is 1. The minimum Gasteiger partial charge on any atom is -0.489 e. The van der Waals surface area contributed by atoms with E-state index >= 15 is 0 Å². The molecule has 3 rings (SSSR count). The molecule has 0 saturated carbocycles. The summed E-state index contributed by atoms with van der Waals surface area (Å²) in [5, 5.41) is 11.5. The number of nitrogens with zero attached hydrogens (tertiary/aromatic N) is 1. The second kappa shape index (κ2) is 8.68. The van der Waals surface area contributed by atoms with Crippen molar-refractivity contribution in [3.05, 3.63) is 83.4 Å². The fraction of sp³-hybridized carbons (Fsp3) is 0.130. The Morgan fingerprint density at radius 2 is 1.85 bits per heavy atom. The zero-order valence-electron chi connectivity index (χ0n) is 15.0. The van der Waals surface area contributed by atoms with Crippen LogP contribution < -0.4 is 4.74 Å². The summed E-state index contributed by atoms with van der Waals surface area (Å²) in [6.07, 6.45) is 1.50. The van der Waals surface area contributed by atoms with Gasteiger partial charge in [-0.05, 0) is 47.0 Å². The van der Waals surface area contributed by atoms with E-state index in [9.17, 15) is 4.79 Å². The smallest absolute Gasteiger partial charge is 0.348 e. The molecule has 4 nitrogen and oxygen atoms in total. The predicted octanol–water partition coefficient (Wildman–Crippen LogP) is 4.89. The van der Waals surface area contributed by atoms with Gasteiger partial charge in [0.1, 0.15) is 24.0 Å². The minimum atomic E-state index is -0.623. The molecule has 0 aliphatic rings. The predicted molar refractivity (Wildman–Crippen MR) is 105 cm³/mol. The fourth-order valence-corrected chi connectivity index (χ4v) is 2.79. The summed E-state index contributed by atoms with van der Waals surface area (Å²) in [6.45, 7) is 2.36. The van der Waals surface area contributed by atoms with E-state index in [1.165, 1.54) is 11.5 Å². The molecule has 0 N–H and O–H groups in total. The molecule has 134 valence electrons. The van der Waals surface area contributed by atoms with E-state index < -0.39 is 5.97 Å². The van der Waals surface area contributed by atoms with Crippen LogP contribution in [0, 0.1) is 11.3 Å². The molecule has 0 atom stereocenters. The topological polar surface area (TPSA) is 59.3 Å². The van der Waals surface area contributed by atoms with Gasteiger partial charge in [-0.15, -0.1) is 0 Å². The van der Waals surface area contributed by atoms with Crippen molar-refractivity contribution < 1.29 is 14.3 Å². The molecule has 0 aromatic heterocycles. The van der Waals surface area contributed by atoms with Crippen LogP contribution in [0.15, 0.2) is 72.3 Å². The number of esters is 1. The Kier molecular flexibility index (Phi) is 5.86. The van der Waals surface area contributed by atoms with E-state index in [-0.39, 0.29) is 12.2 Å². The van der Waals surface area contributed by atoms with Crippen LogP contribution >= 0.6 is 0 Å². The number of rotatable bonds is 6. The van der Waals surface area contributed by atoms with Gasteiger partial charge in [0.05, 0.1) is 6.61 Å². The quantitative estimate of drug-likeness (QED) is 0.358. The largest absolute Gasteiger partial charge is 0.489 e. The Labute approximate surface area is 158 Å². The monoisotopic (exact) mass is 357 g/mol. The normalized spacial score (nSPS) is 11.0. The Morgan fingerprint density at radius 1 is 1.07 bits per heavy atom. The maximum atomic E-state index is 11.8. The molecular formula is C23H19NO3. The Bertz CT molecular complexity index is 1030. The van der Waals surface area contributed by atoms with Gasteiger partial charge in [0.15, 0.2) is 0 Å². The summed E-state index contributed by atoms with van der Waals surface area (Å²) in [5.74, 6) is 0.0416. The molecule has 0 unspecified atom stereocenters. The van der Waals surface area contributed by atoms with Crippen molar-refractivity contribution in [2.75, 3.05) is 6.61 Å². The van der Waals surface area contributed by atoms with Crippen LogP contribution in [-0.2, 0) is 16.1 Å². The lowest BCUT2D eigenvalue weighted by atomic mass is 10.1. The van der Waals surface area contributed by atoms with Crippen molar-refractivity contribution in [1.29, 1.82) is 5.26 Å². The summed E-state index contributed by atoms with van der Waals surface area (Å²) in [6, 6.07) is 23.4. The lowest BCUT2D eigenvalue weighted by molar-refractivity contribution is -0.137. The highest BCUT2D eigenvalue weighted by molar-refractivity contribution is 5.97. The average molecular weight is 357 g/mol. The van der Waals surface area contributed by atoms with E-state index in [4.69, 9.17) is 14.7 Å². The molecule has 4 heteroatoms. The summed E-state index contributed by atoms with van der Waals surface area (Å²) < 4.78 is 10.8. The Balaban J connectivity index is 1.78. The number of hydrogen-bond acceptors (Lipinski definition) is 4. The first-order valence-corrected chi connectivity index (χ1v) is 8.69. The summed E-state index contributed by atoms with van der Waals surface area (Å²) >= 11 is 0. The minimum absolute atomic E-state index is 0.0388. The third-order valence-corrected chi connectivity index (χ3v) is 4.06. The van der Waals surface area contributed by atoms with Gasteiger partial charge in [0.2, 0.25) is 0 Å². The molecule has 0 aliphatic carbocycles. The molecule has 0 fully saturated rings. The first-order chi connectivity index (χ1) is 13.2. The van der Waals surface area contributed by atoms with Gasteiger partial charge >= 0.3 is 5.97 Å². The van der Waals surface area contributed by atoms with E-state index in [2.05, 4.69) is 18.2 Å². The lowest BCUT2D eigenvalue weighted by Crippen LogP contribution is -2.06. The van der Waals surface area contributed by atoms with Crippen LogP contribution in [0.3, 0.4) is 0 Å². The number of hydrogen-bond donors (Lipinski definition) is 0. The van der Waals surface area contributed by atoms with Crippen LogP contribution in [0.5, 0.6) is 5.75 Å². The molecule has 27 heavy (non-hydrogen) atoms. The van der Waals surface area contributed by atoms with Gasteiger partial charge in [-0.1, -0.05) is 54.6 Å². The van der Waals surface area contributed by atoms with E-state index in [1.807, 2.05) is 42.5 Å². The van der Waals surface area contributed by atoms with Crippen molar-refractivity contribution >= 4 is 22.8 Å². The van der Waals surface area contributed by atoms with Crippen molar-refractivity contribution in [3.8, 4) is 11.8 Å². The van der Waals surface area contributed by atoms with Crippen LogP contribution in [-0.4, -0.2) is 12.6 Å². The zero-order valence-corrected chi connectivity index (χ0v) is 15.0. The molecule has 0 amide bonds. The van der Waals surface area contributed by atoms with Crippen molar-refractivity contribution in [3.63, 3.8) is 0 Å².